The number of methoxy groups -OCH3 is 1. The number of benzene rings is 1. The van der Waals surface area contributed by atoms with Gasteiger partial charge in [0.15, 0.2) is 5.82 Å². The third kappa shape index (κ3) is 3.46. The van der Waals surface area contributed by atoms with Crippen LogP contribution in [0.5, 0.6) is 0 Å². The average molecular weight is 328 g/mol. The van der Waals surface area contributed by atoms with Gasteiger partial charge in [-0.2, -0.15) is 5.10 Å². The topological polar surface area (TPSA) is 69.0 Å². The molecule has 0 aliphatic rings. The Labute approximate surface area is 137 Å². The molecule has 0 saturated heterocycles. The summed E-state index contributed by atoms with van der Waals surface area (Å²) in [6, 6.07) is 9.38. The fourth-order valence-corrected chi connectivity index (χ4v) is 3.00. The quantitative estimate of drug-likeness (QED) is 0.782. The predicted molar refractivity (Wildman–Crippen MR) is 89.4 cm³/mol. The Kier molecular flexibility index (Phi) is 4.50. The number of hydrogen-bond donors (Lipinski definition) is 1. The number of rotatable bonds is 5. The number of aromatic nitrogens is 3. The van der Waals surface area contributed by atoms with E-state index in [1.54, 1.807) is 18.1 Å². The number of amides is 1. The Balaban J connectivity index is 1.80. The highest BCUT2D eigenvalue weighted by Gasteiger charge is 2.14. The largest absolute Gasteiger partial charge is 0.380 e. The van der Waals surface area contributed by atoms with Crippen LogP contribution < -0.4 is 5.32 Å². The van der Waals surface area contributed by atoms with E-state index in [0.29, 0.717) is 23.0 Å². The number of nitrogens with one attached hydrogen (secondary N) is 1. The molecule has 6 nitrogen and oxygen atoms in total. The van der Waals surface area contributed by atoms with Gasteiger partial charge in [-0.15, -0.1) is 11.3 Å². The predicted octanol–water partition coefficient (Wildman–Crippen LogP) is 2.94. The summed E-state index contributed by atoms with van der Waals surface area (Å²) < 4.78 is 6.76. The summed E-state index contributed by atoms with van der Waals surface area (Å²) in [4.78, 5) is 17.3. The van der Waals surface area contributed by atoms with E-state index >= 15 is 0 Å². The van der Waals surface area contributed by atoms with Gasteiger partial charge in [0.1, 0.15) is 6.33 Å². The van der Waals surface area contributed by atoms with Crippen LogP contribution in [0.4, 0.5) is 5.69 Å². The van der Waals surface area contributed by atoms with Crippen LogP contribution in [0.25, 0.3) is 11.4 Å². The van der Waals surface area contributed by atoms with Gasteiger partial charge in [-0.3, -0.25) is 9.48 Å². The molecule has 0 aliphatic carbocycles. The van der Waals surface area contributed by atoms with E-state index in [0.717, 1.165) is 11.1 Å². The summed E-state index contributed by atoms with van der Waals surface area (Å²) in [6.07, 6.45) is 1.64. The highest BCUT2D eigenvalue weighted by Crippen LogP contribution is 2.22. The van der Waals surface area contributed by atoms with Crippen LogP contribution in [0, 0.1) is 0 Å². The van der Waals surface area contributed by atoms with Crippen molar-refractivity contribution in [1.82, 2.24) is 14.8 Å². The SMILES string of the molecule is COCc1ccsc1C(=O)Nc1cccc(-c2ncn(C)n2)c1. The van der Waals surface area contributed by atoms with Gasteiger partial charge < -0.3 is 10.1 Å². The van der Waals surface area contributed by atoms with E-state index in [9.17, 15) is 4.79 Å². The maximum absolute atomic E-state index is 12.4. The van der Waals surface area contributed by atoms with Crippen molar-refractivity contribution in [2.45, 2.75) is 6.61 Å². The van der Waals surface area contributed by atoms with Crippen molar-refractivity contribution in [2.24, 2.45) is 7.05 Å². The normalized spacial score (nSPS) is 10.7. The van der Waals surface area contributed by atoms with Crippen LogP contribution in [0.2, 0.25) is 0 Å². The van der Waals surface area contributed by atoms with Gasteiger partial charge in [0.05, 0.1) is 11.5 Å². The van der Waals surface area contributed by atoms with E-state index in [2.05, 4.69) is 15.4 Å². The molecule has 0 radical (unpaired) electrons. The molecule has 0 fully saturated rings. The molecular formula is C16H16N4O2S. The summed E-state index contributed by atoms with van der Waals surface area (Å²) in [5.74, 6) is 0.484. The first-order valence-corrected chi connectivity index (χ1v) is 7.88. The number of anilines is 1. The maximum atomic E-state index is 12.4. The van der Waals surface area contributed by atoms with Crippen LogP contribution in [-0.4, -0.2) is 27.8 Å². The van der Waals surface area contributed by atoms with Crippen LogP contribution in [0.1, 0.15) is 15.2 Å². The summed E-state index contributed by atoms with van der Waals surface area (Å²) in [5.41, 5.74) is 2.45. The molecule has 23 heavy (non-hydrogen) atoms. The number of carbonyl (C=O) groups excluding carboxylic acids is 1. The monoisotopic (exact) mass is 328 g/mol. The first-order valence-electron chi connectivity index (χ1n) is 7.00. The number of hydrogen-bond acceptors (Lipinski definition) is 5. The van der Waals surface area contributed by atoms with Crippen molar-refractivity contribution in [3.63, 3.8) is 0 Å². The van der Waals surface area contributed by atoms with Crippen molar-refractivity contribution in [3.8, 4) is 11.4 Å². The summed E-state index contributed by atoms with van der Waals surface area (Å²) >= 11 is 1.40. The number of ether oxygens (including phenoxy) is 1. The van der Waals surface area contributed by atoms with Crippen LogP contribution >= 0.6 is 11.3 Å². The minimum atomic E-state index is -0.141. The Bertz CT molecular complexity index is 825. The molecule has 0 spiro atoms. The summed E-state index contributed by atoms with van der Waals surface area (Å²) in [7, 11) is 3.43. The third-order valence-electron chi connectivity index (χ3n) is 3.23. The molecule has 1 N–H and O–H groups in total. The minimum absolute atomic E-state index is 0.141. The second kappa shape index (κ2) is 6.72. The maximum Gasteiger partial charge on any atom is 0.266 e. The lowest BCUT2D eigenvalue weighted by Gasteiger charge is -2.07. The van der Waals surface area contributed by atoms with Gasteiger partial charge in [-0.05, 0) is 23.6 Å². The van der Waals surface area contributed by atoms with Crippen LogP contribution in [0.15, 0.2) is 42.0 Å². The zero-order valence-corrected chi connectivity index (χ0v) is 13.6. The van der Waals surface area contributed by atoms with E-state index in [1.165, 1.54) is 11.3 Å². The number of aryl methyl sites for hydroxylation is 1. The molecule has 118 valence electrons. The van der Waals surface area contributed by atoms with Gasteiger partial charge in [0.25, 0.3) is 5.91 Å². The average Bonchev–Trinajstić information content (AvgIpc) is 3.17. The molecule has 3 rings (SSSR count). The lowest BCUT2D eigenvalue weighted by atomic mass is 10.2. The third-order valence-corrected chi connectivity index (χ3v) is 4.19. The molecule has 7 heteroatoms. The molecule has 0 saturated carbocycles. The Hall–Kier alpha value is -2.51. The Morgan fingerprint density at radius 3 is 3.00 bits per heavy atom. The van der Waals surface area contributed by atoms with Gasteiger partial charge in [-0.25, -0.2) is 4.98 Å². The van der Waals surface area contributed by atoms with Crippen LogP contribution in [0.3, 0.4) is 0 Å². The highest BCUT2D eigenvalue weighted by atomic mass is 32.1. The number of nitrogens with zero attached hydrogens (tertiary/aromatic N) is 3. The second-order valence-electron chi connectivity index (χ2n) is 4.98. The molecule has 0 aliphatic heterocycles. The minimum Gasteiger partial charge on any atom is -0.380 e. The van der Waals surface area contributed by atoms with E-state index in [4.69, 9.17) is 4.74 Å². The van der Waals surface area contributed by atoms with Gasteiger partial charge in [-0.1, -0.05) is 12.1 Å². The fourth-order valence-electron chi connectivity index (χ4n) is 2.20. The standard InChI is InChI=1S/C16H16N4O2S/c1-20-10-17-15(19-20)11-4-3-5-13(8-11)18-16(21)14-12(9-22-2)6-7-23-14/h3-8,10H,9H2,1-2H3,(H,18,21). The molecular weight excluding hydrogens is 312 g/mol. The Morgan fingerprint density at radius 1 is 1.39 bits per heavy atom. The molecule has 0 atom stereocenters. The lowest BCUT2D eigenvalue weighted by molar-refractivity contribution is 0.102. The van der Waals surface area contributed by atoms with Crippen molar-refractivity contribution < 1.29 is 9.53 Å². The van der Waals surface area contributed by atoms with Gasteiger partial charge >= 0.3 is 0 Å². The highest BCUT2D eigenvalue weighted by molar-refractivity contribution is 7.12. The van der Waals surface area contributed by atoms with Crippen molar-refractivity contribution >= 4 is 22.9 Å². The molecule has 0 bridgehead atoms. The summed E-state index contributed by atoms with van der Waals surface area (Å²) in [5, 5.41) is 9.07. The first kappa shape index (κ1) is 15.4. The van der Waals surface area contributed by atoms with E-state index in [1.807, 2.05) is 42.8 Å². The number of thiophene rings is 1. The van der Waals surface area contributed by atoms with E-state index in [-0.39, 0.29) is 5.91 Å². The molecule has 1 amide bonds. The zero-order valence-electron chi connectivity index (χ0n) is 12.8. The molecule has 1 aromatic carbocycles. The van der Waals surface area contributed by atoms with Crippen molar-refractivity contribution in [3.05, 3.63) is 52.5 Å². The lowest BCUT2D eigenvalue weighted by Crippen LogP contribution is -2.12. The van der Waals surface area contributed by atoms with E-state index < -0.39 is 0 Å². The fraction of sp³-hybridized carbons (Fsp3) is 0.188. The Morgan fingerprint density at radius 2 is 2.26 bits per heavy atom. The molecule has 2 heterocycles. The molecule has 2 aromatic heterocycles. The molecule has 3 aromatic rings. The van der Waals surface area contributed by atoms with Gasteiger partial charge in [0.2, 0.25) is 0 Å². The second-order valence-corrected chi connectivity index (χ2v) is 5.90. The van der Waals surface area contributed by atoms with Crippen LogP contribution in [-0.2, 0) is 18.4 Å². The first-order chi connectivity index (χ1) is 11.2. The molecule has 0 unspecified atom stereocenters. The van der Waals surface area contributed by atoms with Gasteiger partial charge in [0, 0.05) is 31.0 Å². The smallest absolute Gasteiger partial charge is 0.266 e. The van der Waals surface area contributed by atoms with Crippen molar-refractivity contribution in [2.75, 3.05) is 12.4 Å². The summed E-state index contributed by atoms with van der Waals surface area (Å²) in [6.45, 7) is 0.421. The zero-order chi connectivity index (χ0) is 16.2. The number of carbonyl (C=O) groups is 1. The van der Waals surface area contributed by atoms with Crippen molar-refractivity contribution in [1.29, 1.82) is 0 Å².